The Morgan fingerprint density at radius 1 is 0.287 bits per heavy atom. The van der Waals surface area contributed by atoms with Crippen LogP contribution in [0, 0.1) is 0 Å². The van der Waals surface area contributed by atoms with Crippen LogP contribution in [0.25, 0.3) is 0 Å². The summed E-state index contributed by atoms with van der Waals surface area (Å²) >= 11 is 0. The molecule has 0 saturated heterocycles. The van der Waals surface area contributed by atoms with Gasteiger partial charge in [-0.25, -0.2) is 9.13 Å². The first kappa shape index (κ1) is 91.8. The number of aliphatic hydroxyl groups excluding tert-OH is 1. The summed E-state index contributed by atoms with van der Waals surface area (Å²) in [6.45, 7) is 4.96. The zero-order valence-corrected chi connectivity index (χ0v) is 62.5. The molecule has 0 aliphatic rings. The maximum Gasteiger partial charge on any atom is 0.472 e. The monoisotopic (exact) mass is 1380 g/mol. The Morgan fingerprint density at radius 2 is 0.489 bits per heavy atom. The molecule has 0 aliphatic heterocycles. The molecule has 0 aromatic heterocycles. The summed E-state index contributed by atoms with van der Waals surface area (Å²) in [6.07, 6.45) is 60.4. The molecule has 0 saturated carbocycles. The van der Waals surface area contributed by atoms with Crippen LogP contribution in [0.1, 0.15) is 387 Å². The molecule has 3 N–H and O–H groups in total. The average molecular weight is 1380 g/mol. The van der Waals surface area contributed by atoms with Gasteiger partial charge in [-0.05, 0) is 51.4 Å². The fourth-order valence-corrected chi connectivity index (χ4v) is 12.9. The van der Waals surface area contributed by atoms with E-state index in [0.29, 0.717) is 25.7 Å². The van der Waals surface area contributed by atoms with Crippen molar-refractivity contribution in [1.82, 2.24) is 0 Å². The Morgan fingerprint density at radius 3 is 0.745 bits per heavy atom. The second-order valence-electron chi connectivity index (χ2n) is 26.7. The SMILES string of the molecule is CCCCCC/C=C\CCCCCCCCCC(=O)O[C@H](COC(=O)CCCCCCCCCCCCCCC)COP(=O)(O)OCC(O)COP(=O)(O)OC[C@@H](COC(=O)CCCCCCCCCCCCCCC)OC(=O)CCCCCCCCCCCCCCC. The lowest BCUT2D eigenvalue weighted by Gasteiger charge is -2.21. The van der Waals surface area contributed by atoms with Crippen LogP contribution in [0.15, 0.2) is 12.2 Å². The quantitative estimate of drug-likeness (QED) is 0.0169. The first-order chi connectivity index (χ1) is 45.7. The smallest absolute Gasteiger partial charge is 0.462 e. The van der Waals surface area contributed by atoms with Gasteiger partial charge in [-0.15, -0.1) is 0 Å². The van der Waals surface area contributed by atoms with Crippen molar-refractivity contribution in [2.24, 2.45) is 0 Å². The lowest BCUT2D eigenvalue weighted by Crippen LogP contribution is -2.30. The highest BCUT2D eigenvalue weighted by atomic mass is 31.2. The molecule has 556 valence electrons. The normalized spacial score (nSPS) is 14.0. The Balaban J connectivity index is 5.27. The van der Waals surface area contributed by atoms with E-state index in [9.17, 15) is 43.2 Å². The number of phosphoric acid groups is 2. The van der Waals surface area contributed by atoms with Gasteiger partial charge in [-0.2, -0.15) is 0 Å². The van der Waals surface area contributed by atoms with Gasteiger partial charge in [-0.3, -0.25) is 37.3 Å². The number of phosphoric ester groups is 2. The molecule has 0 aromatic carbocycles. The number of unbranched alkanes of at least 4 members (excludes halogenated alkanes) is 47. The van der Waals surface area contributed by atoms with E-state index < -0.39 is 97.5 Å². The molecule has 5 atom stereocenters. The highest BCUT2D eigenvalue weighted by Crippen LogP contribution is 2.45. The van der Waals surface area contributed by atoms with E-state index in [4.69, 9.17) is 37.0 Å². The highest BCUT2D eigenvalue weighted by Gasteiger charge is 2.30. The molecule has 19 heteroatoms. The van der Waals surface area contributed by atoms with Gasteiger partial charge < -0.3 is 33.8 Å². The van der Waals surface area contributed by atoms with Gasteiger partial charge in [0.05, 0.1) is 26.4 Å². The third kappa shape index (κ3) is 68.3. The van der Waals surface area contributed by atoms with Crippen LogP contribution in [-0.4, -0.2) is 96.7 Å². The van der Waals surface area contributed by atoms with Crippen LogP contribution >= 0.6 is 15.6 Å². The van der Waals surface area contributed by atoms with Crippen LogP contribution in [-0.2, 0) is 65.4 Å². The number of carbonyl (C=O) groups excluding carboxylic acids is 4. The number of hydrogen-bond acceptors (Lipinski definition) is 15. The van der Waals surface area contributed by atoms with Crippen LogP contribution in [0.5, 0.6) is 0 Å². The summed E-state index contributed by atoms with van der Waals surface area (Å²) in [5.41, 5.74) is 0. The largest absolute Gasteiger partial charge is 0.472 e. The number of allylic oxidation sites excluding steroid dienone is 2. The molecule has 17 nitrogen and oxygen atoms in total. The molecule has 0 bridgehead atoms. The molecule has 0 amide bonds. The molecular weight excluding hydrogens is 1230 g/mol. The van der Waals surface area contributed by atoms with Crippen molar-refractivity contribution in [2.45, 2.75) is 406 Å². The number of ether oxygens (including phenoxy) is 4. The zero-order chi connectivity index (χ0) is 69.0. The van der Waals surface area contributed by atoms with Gasteiger partial charge >= 0.3 is 39.5 Å². The Hall–Kier alpha value is -2.20. The predicted octanol–water partition coefficient (Wildman–Crippen LogP) is 22.0. The molecule has 0 aromatic rings. The highest BCUT2D eigenvalue weighted by molar-refractivity contribution is 7.47. The van der Waals surface area contributed by atoms with Crippen molar-refractivity contribution >= 4 is 39.5 Å². The molecule has 94 heavy (non-hydrogen) atoms. The topological polar surface area (TPSA) is 237 Å². The minimum atomic E-state index is -4.96. The van der Waals surface area contributed by atoms with Crippen molar-refractivity contribution in [2.75, 3.05) is 39.6 Å². The van der Waals surface area contributed by atoms with Gasteiger partial charge in [0.15, 0.2) is 12.2 Å². The number of hydrogen-bond donors (Lipinski definition) is 3. The number of carbonyl (C=O) groups is 4. The van der Waals surface area contributed by atoms with Gasteiger partial charge in [0, 0.05) is 25.7 Å². The fraction of sp³-hybridized carbons (Fsp3) is 0.920. The second kappa shape index (κ2) is 69.3. The Labute approximate surface area is 574 Å². The fourth-order valence-electron chi connectivity index (χ4n) is 11.3. The number of aliphatic hydroxyl groups is 1. The van der Waals surface area contributed by atoms with E-state index >= 15 is 0 Å². The molecule has 0 aliphatic carbocycles. The van der Waals surface area contributed by atoms with Crippen molar-refractivity contribution in [3.05, 3.63) is 12.2 Å². The Bertz CT molecular complexity index is 1840. The minimum Gasteiger partial charge on any atom is -0.462 e. The summed E-state index contributed by atoms with van der Waals surface area (Å²) in [5, 5.41) is 10.6. The third-order valence-corrected chi connectivity index (χ3v) is 19.2. The molecular formula is C75H144O17P2. The van der Waals surface area contributed by atoms with Crippen molar-refractivity contribution in [3.63, 3.8) is 0 Å². The summed E-state index contributed by atoms with van der Waals surface area (Å²) < 4.78 is 68.5. The average Bonchev–Trinajstić information content (AvgIpc) is 2.26. The van der Waals surface area contributed by atoms with Gasteiger partial charge in [0.25, 0.3) is 0 Å². The zero-order valence-electron chi connectivity index (χ0n) is 60.7. The lowest BCUT2D eigenvalue weighted by atomic mass is 10.0. The van der Waals surface area contributed by atoms with Gasteiger partial charge in [0.1, 0.15) is 19.3 Å². The van der Waals surface area contributed by atoms with E-state index in [1.54, 1.807) is 0 Å². The van der Waals surface area contributed by atoms with E-state index in [0.717, 1.165) is 109 Å². The molecule has 0 rings (SSSR count). The first-order valence-electron chi connectivity index (χ1n) is 38.9. The summed E-state index contributed by atoms with van der Waals surface area (Å²) in [4.78, 5) is 72.8. The molecule has 0 heterocycles. The predicted molar refractivity (Wildman–Crippen MR) is 382 cm³/mol. The maximum atomic E-state index is 13.1. The van der Waals surface area contributed by atoms with E-state index in [2.05, 4.69) is 39.8 Å². The van der Waals surface area contributed by atoms with Crippen LogP contribution in [0.2, 0.25) is 0 Å². The first-order valence-corrected chi connectivity index (χ1v) is 41.9. The van der Waals surface area contributed by atoms with Gasteiger partial charge in [0.2, 0.25) is 0 Å². The van der Waals surface area contributed by atoms with Crippen LogP contribution in [0.4, 0.5) is 0 Å². The summed E-state index contributed by atoms with van der Waals surface area (Å²) in [6, 6.07) is 0. The van der Waals surface area contributed by atoms with Gasteiger partial charge in [-0.1, -0.05) is 322 Å². The minimum absolute atomic E-state index is 0.0999. The molecule has 3 unspecified atom stereocenters. The van der Waals surface area contributed by atoms with Crippen LogP contribution in [0.3, 0.4) is 0 Å². The summed E-state index contributed by atoms with van der Waals surface area (Å²) in [5.74, 6) is -2.12. The number of esters is 4. The lowest BCUT2D eigenvalue weighted by molar-refractivity contribution is -0.161. The third-order valence-electron chi connectivity index (χ3n) is 17.3. The van der Waals surface area contributed by atoms with Crippen molar-refractivity contribution in [3.8, 4) is 0 Å². The van der Waals surface area contributed by atoms with Crippen molar-refractivity contribution in [1.29, 1.82) is 0 Å². The van der Waals surface area contributed by atoms with E-state index in [1.165, 1.54) is 199 Å². The van der Waals surface area contributed by atoms with E-state index in [1.807, 2.05) is 0 Å². The second-order valence-corrected chi connectivity index (χ2v) is 29.6. The standard InChI is InChI=1S/C75H144O17P2/c1-5-9-13-17-21-25-29-33-34-38-42-46-50-54-58-62-75(80)92-71(66-86-73(78)60-56-52-48-44-40-36-31-27-23-19-15-11-7-3)68-90-94(83,84)88-64-69(76)63-87-93(81,82)89-67-70(91-74(79)61-57-53-49-45-41-37-32-28-24-20-16-12-8-4)65-85-72(77)59-55-51-47-43-39-35-30-26-22-18-14-10-6-2/h25,29,69-71,76H,5-24,26-28,30-68H2,1-4H3,(H,81,82)(H,83,84)/b29-25-/t69?,70-,71-/m1/s1. The van der Waals surface area contributed by atoms with Crippen LogP contribution < -0.4 is 0 Å². The molecule has 0 radical (unpaired) electrons. The number of rotatable bonds is 75. The maximum absolute atomic E-state index is 13.1. The molecule has 0 fully saturated rings. The Kier molecular flexibility index (Phi) is 67.7. The molecule has 0 spiro atoms. The van der Waals surface area contributed by atoms with E-state index in [-0.39, 0.29) is 25.7 Å². The van der Waals surface area contributed by atoms with Crippen molar-refractivity contribution < 1.29 is 80.2 Å². The summed E-state index contributed by atoms with van der Waals surface area (Å²) in [7, 11) is -9.91.